The van der Waals surface area contributed by atoms with Gasteiger partial charge in [0.25, 0.3) is 0 Å². The van der Waals surface area contributed by atoms with Gasteiger partial charge in [0.05, 0.1) is 12.2 Å². The predicted octanol–water partition coefficient (Wildman–Crippen LogP) is 3.52. The Labute approximate surface area is 154 Å². The van der Waals surface area contributed by atoms with Gasteiger partial charge in [-0.1, -0.05) is 17.7 Å². The summed E-state index contributed by atoms with van der Waals surface area (Å²) in [6, 6.07) is 9.33. The van der Waals surface area contributed by atoms with E-state index < -0.39 is 23.4 Å². The maximum absolute atomic E-state index is 13.6. The summed E-state index contributed by atoms with van der Waals surface area (Å²) in [6.45, 7) is 2.75. The Morgan fingerprint density at radius 3 is 2.46 bits per heavy atom. The van der Waals surface area contributed by atoms with E-state index in [1.807, 2.05) is 29.2 Å². The predicted molar refractivity (Wildman–Crippen MR) is 95.1 cm³/mol. The molecule has 0 saturated carbocycles. The molecule has 1 N–H and O–H groups in total. The molecule has 1 heterocycles. The van der Waals surface area contributed by atoms with E-state index in [2.05, 4.69) is 10.2 Å². The standard InChI is InChI=1S/C18H17ClF3N3O/c19-12-2-1-3-13(10-12)25-8-6-24(7-9-25)11-16(26)23-15-5-4-14(20)17(21)18(15)22/h1-5,10H,6-9,11H2,(H,23,26). The van der Waals surface area contributed by atoms with Crippen molar-refractivity contribution >= 4 is 28.9 Å². The Morgan fingerprint density at radius 1 is 1.04 bits per heavy atom. The number of carbonyl (C=O) groups excluding carboxylic acids is 1. The first-order valence-electron chi connectivity index (χ1n) is 8.10. The van der Waals surface area contributed by atoms with Crippen LogP contribution in [0.4, 0.5) is 24.5 Å². The van der Waals surface area contributed by atoms with Gasteiger partial charge in [0.15, 0.2) is 17.5 Å². The van der Waals surface area contributed by atoms with Crippen molar-refractivity contribution in [2.75, 3.05) is 42.9 Å². The highest BCUT2D eigenvalue weighted by Crippen LogP contribution is 2.21. The monoisotopic (exact) mass is 383 g/mol. The van der Waals surface area contributed by atoms with Crippen LogP contribution in [0.1, 0.15) is 0 Å². The van der Waals surface area contributed by atoms with Crippen molar-refractivity contribution in [3.8, 4) is 0 Å². The number of amides is 1. The fourth-order valence-corrected chi connectivity index (χ4v) is 3.04. The van der Waals surface area contributed by atoms with Crippen LogP contribution in [0, 0.1) is 17.5 Å². The van der Waals surface area contributed by atoms with Crippen LogP contribution >= 0.6 is 11.6 Å². The number of carbonyl (C=O) groups is 1. The molecule has 2 aromatic rings. The van der Waals surface area contributed by atoms with Gasteiger partial charge in [0, 0.05) is 36.9 Å². The minimum Gasteiger partial charge on any atom is -0.369 e. The number of hydrogen-bond acceptors (Lipinski definition) is 3. The van der Waals surface area contributed by atoms with Gasteiger partial charge >= 0.3 is 0 Å². The first-order chi connectivity index (χ1) is 12.4. The molecule has 1 aliphatic rings. The van der Waals surface area contributed by atoms with Crippen LogP contribution in [0.15, 0.2) is 36.4 Å². The summed E-state index contributed by atoms with van der Waals surface area (Å²) in [6.07, 6.45) is 0. The molecule has 1 fully saturated rings. The molecule has 8 heteroatoms. The molecule has 1 aliphatic heterocycles. The second-order valence-corrected chi connectivity index (χ2v) is 6.45. The lowest BCUT2D eigenvalue weighted by Gasteiger charge is -2.35. The molecule has 0 bridgehead atoms. The molecular weight excluding hydrogens is 367 g/mol. The molecule has 0 radical (unpaired) electrons. The fourth-order valence-electron chi connectivity index (χ4n) is 2.85. The third kappa shape index (κ3) is 4.28. The molecule has 3 rings (SSSR count). The van der Waals surface area contributed by atoms with Crippen LogP contribution in [-0.2, 0) is 4.79 Å². The largest absolute Gasteiger partial charge is 0.369 e. The Bertz CT molecular complexity index is 810. The third-order valence-electron chi connectivity index (χ3n) is 4.22. The molecule has 0 unspecified atom stereocenters. The number of piperazine rings is 1. The van der Waals surface area contributed by atoms with Crippen molar-refractivity contribution in [2.45, 2.75) is 0 Å². The summed E-state index contributed by atoms with van der Waals surface area (Å²) < 4.78 is 39.7. The molecule has 0 atom stereocenters. The molecule has 0 aliphatic carbocycles. The van der Waals surface area contributed by atoms with E-state index in [0.29, 0.717) is 31.2 Å². The van der Waals surface area contributed by atoms with E-state index >= 15 is 0 Å². The van der Waals surface area contributed by atoms with Crippen molar-refractivity contribution < 1.29 is 18.0 Å². The van der Waals surface area contributed by atoms with E-state index in [1.165, 1.54) is 0 Å². The first kappa shape index (κ1) is 18.5. The maximum atomic E-state index is 13.6. The van der Waals surface area contributed by atoms with E-state index in [4.69, 9.17) is 11.6 Å². The Morgan fingerprint density at radius 2 is 1.77 bits per heavy atom. The summed E-state index contributed by atoms with van der Waals surface area (Å²) in [5.74, 6) is -4.77. The van der Waals surface area contributed by atoms with Gasteiger partial charge in [-0.3, -0.25) is 9.69 Å². The average Bonchev–Trinajstić information content (AvgIpc) is 2.63. The molecule has 0 aromatic heterocycles. The highest BCUT2D eigenvalue weighted by atomic mass is 35.5. The molecule has 138 valence electrons. The summed E-state index contributed by atoms with van der Waals surface area (Å²) in [5, 5.41) is 2.95. The van der Waals surface area contributed by atoms with Crippen molar-refractivity contribution in [1.29, 1.82) is 0 Å². The Kier molecular flexibility index (Phi) is 5.68. The van der Waals surface area contributed by atoms with Crippen LogP contribution in [0.5, 0.6) is 0 Å². The summed E-state index contributed by atoms with van der Waals surface area (Å²) in [4.78, 5) is 16.1. The number of halogens is 4. The third-order valence-corrected chi connectivity index (χ3v) is 4.46. The molecule has 1 saturated heterocycles. The summed E-state index contributed by atoms with van der Waals surface area (Å²) in [5.41, 5.74) is 0.650. The number of nitrogens with zero attached hydrogens (tertiary/aromatic N) is 2. The summed E-state index contributed by atoms with van der Waals surface area (Å²) >= 11 is 6.00. The van der Waals surface area contributed by atoms with Crippen molar-refractivity contribution in [2.24, 2.45) is 0 Å². The quantitative estimate of drug-likeness (QED) is 0.821. The second-order valence-electron chi connectivity index (χ2n) is 6.01. The summed E-state index contributed by atoms with van der Waals surface area (Å²) in [7, 11) is 0. The van der Waals surface area contributed by atoms with E-state index in [9.17, 15) is 18.0 Å². The molecule has 4 nitrogen and oxygen atoms in total. The van der Waals surface area contributed by atoms with Crippen LogP contribution < -0.4 is 10.2 Å². The Hall–Kier alpha value is -2.25. The highest BCUT2D eigenvalue weighted by molar-refractivity contribution is 6.30. The average molecular weight is 384 g/mol. The van der Waals surface area contributed by atoms with Crippen LogP contribution in [-0.4, -0.2) is 43.5 Å². The molecular formula is C18H17ClF3N3O. The first-order valence-corrected chi connectivity index (χ1v) is 8.48. The number of anilines is 2. The zero-order valence-corrected chi connectivity index (χ0v) is 14.6. The van der Waals surface area contributed by atoms with Gasteiger partial charge in [-0.25, -0.2) is 13.2 Å². The van der Waals surface area contributed by atoms with Crippen LogP contribution in [0.3, 0.4) is 0 Å². The van der Waals surface area contributed by atoms with Gasteiger partial charge in [-0.15, -0.1) is 0 Å². The highest BCUT2D eigenvalue weighted by Gasteiger charge is 2.21. The fraction of sp³-hybridized carbons (Fsp3) is 0.278. The van der Waals surface area contributed by atoms with E-state index in [-0.39, 0.29) is 12.2 Å². The van der Waals surface area contributed by atoms with Gasteiger partial charge in [0.2, 0.25) is 5.91 Å². The normalized spacial score (nSPS) is 15.2. The minimum absolute atomic E-state index is 0.0435. The molecule has 2 aromatic carbocycles. The molecule has 26 heavy (non-hydrogen) atoms. The van der Waals surface area contributed by atoms with Crippen molar-refractivity contribution in [1.82, 2.24) is 4.90 Å². The number of rotatable bonds is 4. The van der Waals surface area contributed by atoms with Gasteiger partial charge in [-0.2, -0.15) is 0 Å². The topological polar surface area (TPSA) is 35.6 Å². The molecule has 0 spiro atoms. The number of nitrogens with one attached hydrogen (secondary N) is 1. The number of hydrogen-bond donors (Lipinski definition) is 1. The lowest BCUT2D eigenvalue weighted by atomic mass is 10.2. The van der Waals surface area contributed by atoms with E-state index in [0.717, 1.165) is 17.8 Å². The second kappa shape index (κ2) is 7.97. The van der Waals surface area contributed by atoms with Crippen molar-refractivity contribution in [3.63, 3.8) is 0 Å². The zero-order valence-electron chi connectivity index (χ0n) is 13.8. The zero-order chi connectivity index (χ0) is 18.7. The van der Waals surface area contributed by atoms with Gasteiger partial charge in [-0.05, 0) is 30.3 Å². The maximum Gasteiger partial charge on any atom is 0.238 e. The minimum atomic E-state index is -1.60. The lowest BCUT2D eigenvalue weighted by molar-refractivity contribution is -0.117. The van der Waals surface area contributed by atoms with Crippen LogP contribution in [0.2, 0.25) is 5.02 Å². The van der Waals surface area contributed by atoms with Crippen LogP contribution in [0.25, 0.3) is 0 Å². The van der Waals surface area contributed by atoms with Crippen molar-refractivity contribution in [3.05, 3.63) is 58.9 Å². The lowest BCUT2D eigenvalue weighted by Crippen LogP contribution is -2.48. The molecule has 1 amide bonds. The van der Waals surface area contributed by atoms with E-state index in [1.54, 1.807) is 0 Å². The smallest absolute Gasteiger partial charge is 0.238 e. The van der Waals surface area contributed by atoms with Gasteiger partial charge < -0.3 is 10.2 Å². The number of benzene rings is 2. The van der Waals surface area contributed by atoms with Gasteiger partial charge in [0.1, 0.15) is 0 Å². The SMILES string of the molecule is O=C(CN1CCN(c2cccc(Cl)c2)CC1)Nc1ccc(F)c(F)c1F. The Balaban J connectivity index is 1.53.